The van der Waals surface area contributed by atoms with Crippen LogP contribution in [0.15, 0.2) is 0 Å². The smallest absolute Gasteiger partial charge is 0.169 e. The van der Waals surface area contributed by atoms with Crippen molar-refractivity contribution in [1.82, 2.24) is 10.2 Å². The Morgan fingerprint density at radius 2 is 2.20 bits per heavy atom. The summed E-state index contributed by atoms with van der Waals surface area (Å²) in [6, 6.07) is 0.681. The van der Waals surface area contributed by atoms with E-state index in [0.29, 0.717) is 6.04 Å². The van der Waals surface area contributed by atoms with Crippen LogP contribution in [0.3, 0.4) is 0 Å². The molecule has 1 N–H and O–H groups in total. The van der Waals surface area contributed by atoms with Crippen molar-refractivity contribution in [2.75, 3.05) is 13.1 Å². The molecule has 0 bridgehead atoms. The lowest BCUT2D eigenvalue weighted by atomic mass is 10.0. The van der Waals surface area contributed by atoms with Crippen LogP contribution in [0.25, 0.3) is 0 Å². The number of rotatable bonds is 4. The molecule has 15 heavy (non-hydrogen) atoms. The third-order valence-electron chi connectivity index (χ3n) is 3.17. The van der Waals surface area contributed by atoms with Gasteiger partial charge in [0.25, 0.3) is 0 Å². The van der Waals surface area contributed by atoms with Crippen LogP contribution in [0, 0.1) is 0 Å². The minimum absolute atomic E-state index is 0.681. The van der Waals surface area contributed by atoms with Crippen LogP contribution in [0.1, 0.15) is 52.4 Å². The summed E-state index contributed by atoms with van der Waals surface area (Å²) in [7, 11) is 0. The minimum atomic E-state index is 0.681. The van der Waals surface area contributed by atoms with Crippen LogP contribution in [0.4, 0.5) is 0 Å². The predicted octanol–water partition coefficient (Wildman–Crippen LogP) is 2.93. The highest BCUT2D eigenvalue weighted by Gasteiger charge is 2.22. The molecule has 1 rings (SSSR count). The van der Waals surface area contributed by atoms with Gasteiger partial charge < -0.3 is 10.2 Å². The molecule has 1 heterocycles. The van der Waals surface area contributed by atoms with Crippen molar-refractivity contribution in [3.05, 3.63) is 0 Å². The van der Waals surface area contributed by atoms with E-state index in [1.54, 1.807) is 0 Å². The highest BCUT2D eigenvalue weighted by atomic mass is 32.1. The van der Waals surface area contributed by atoms with Crippen molar-refractivity contribution in [3.63, 3.8) is 0 Å². The van der Waals surface area contributed by atoms with Gasteiger partial charge in [0.1, 0.15) is 0 Å². The average Bonchev–Trinajstić information content (AvgIpc) is 2.29. The Hall–Kier alpha value is -0.310. The number of hydrogen-bond donors (Lipinski definition) is 1. The second kappa shape index (κ2) is 7.04. The summed E-state index contributed by atoms with van der Waals surface area (Å²) in [6.45, 7) is 6.65. The fourth-order valence-electron chi connectivity index (χ4n) is 2.17. The highest BCUT2D eigenvalue weighted by molar-refractivity contribution is 7.80. The Morgan fingerprint density at radius 1 is 1.40 bits per heavy atom. The molecule has 0 aliphatic carbocycles. The first-order chi connectivity index (χ1) is 7.29. The molecule has 0 radical (unpaired) electrons. The Morgan fingerprint density at radius 3 is 2.87 bits per heavy atom. The maximum Gasteiger partial charge on any atom is 0.169 e. The zero-order chi connectivity index (χ0) is 11.1. The molecule has 1 fully saturated rings. The van der Waals surface area contributed by atoms with Crippen molar-refractivity contribution >= 4 is 17.3 Å². The monoisotopic (exact) mass is 228 g/mol. The Bertz CT molecular complexity index is 194. The highest BCUT2D eigenvalue weighted by Crippen LogP contribution is 2.19. The van der Waals surface area contributed by atoms with Gasteiger partial charge in [0.2, 0.25) is 0 Å². The number of hydrogen-bond acceptors (Lipinski definition) is 1. The number of thiocarbonyl (C=S) groups is 1. The Kier molecular flexibility index (Phi) is 5.99. The van der Waals surface area contributed by atoms with Crippen molar-refractivity contribution in [2.24, 2.45) is 0 Å². The zero-order valence-electron chi connectivity index (χ0n) is 10.1. The largest absolute Gasteiger partial charge is 0.363 e. The van der Waals surface area contributed by atoms with Crippen molar-refractivity contribution < 1.29 is 0 Å². The van der Waals surface area contributed by atoms with Gasteiger partial charge in [-0.2, -0.15) is 0 Å². The van der Waals surface area contributed by atoms with E-state index in [1.807, 2.05) is 0 Å². The number of likely N-dealkylation sites (tertiary alicyclic amines) is 1. The Balaban J connectivity index is 2.34. The molecule has 0 unspecified atom stereocenters. The lowest BCUT2D eigenvalue weighted by molar-refractivity contribution is 0.233. The molecular formula is C12H24N2S. The SMILES string of the molecule is CCCCNC(=S)N1CCCC[C@@H]1CC. The molecule has 0 aromatic carbocycles. The molecule has 0 spiro atoms. The Labute approximate surface area is 99.4 Å². The van der Waals surface area contributed by atoms with E-state index in [9.17, 15) is 0 Å². The van der Waals surface area contributed by atoms with Crippen molar-refractivity contribution in [2.45, 2.75) is 58.4 Å². The fraction of sp³-hybridized carbons (Fsp3) is 0.917. The van der Waals surface area contributed by atoms with Gasteiger partial charge in [-0.15, -0.1) is 0 Å². The maximum atomic E-state index is 5.45. The van der Waals surface area contributed by atoms with E-state index < -0.39 is 0 Å². The van der Waals surface area contributed by atoms with Gasteiger partial charge in [0.05, 0.1) is 0 Å². The van der Waals surface area contributed by atoms with Gasteiger partial charge in [-0.05, 0) is 44.3 Å². The lowest BCUT2D eigenvalue weighted by Gasteiger charge is -2.37. The normalized spacial score (nSPS) is 21.5. The third kappa shape index (κ3) is 3.98. The molecule has 1 atom stereocenters. The van der Waals surface area contributed by atoms with E-state index >= 15 is 0 Å². The molecule has 0 aromatic rings. The summed E-state index contributed by atoms with van der Waals surface area (Å²) in [5, 5.41) is 4.36. The average molecular weight is 228 g/mol. The zero-order valence-corrected chi connectivity index (χ0v) is 10.9. The van der Waals surface area contributed by atoms with Crippen LogP contribution >= 0.6 is 12.2 Å². The summed E-state index contributed by atoms with van der Waals surface area (Å²) in [5.74, 6) is 0. The maximum absolute atomic E-state index is 5.45. The van der Waals surface area contributed by atoms with Gasteiger partial charge in [-0.3, -0.25) is 0 Å². The number of piperidine rings is 1. The molecule has 88 valence electrons. The van der Waals surface area contributed by atoms with Crippen LogP contribution in [0.5, 0.6) is 0 Å². The van der Waals surface area contributed by atoms with Gasteiger partial charge in [-0.25, -0.2) is 0 Å². The molecule has 0 saturated carbocycles. The molecule has 3 heteroatoms. The summed E-state index contributed by atoms with van der Waals surface area (Å²) in [5.41, 5.74) is 0. The van der Waals surface area contributed by atoms with E-state index in [1.165, 1.54) is 38.5 Å². The van der Waals surface area contributed by atoms with Gasteiger partial charge in [0, 0.05) is 19.1 Å². The molecule has 0 amide bonds. The van der Waals surface area contributed by atoms with Gasteiger partial charge in [-0.1, -0.05) is 20.3 Å². The van der Waals surface area contributed by atoms with Crippen LogP contribution < -0.4 is 5.32 Å². The first kappa shape index (κ1) is 12.8. The van der Waals surface area contributed by atoms with E-state index in [2.05, 4.69) is 24.1 Å². The fourth-order valence-corrected chi connectivity index (χ4v) is 2.51. The molecule has 1 saturated heterocycles. The third-order valence-corrected chi connectivity index (χ3v) is 3.54. The summed E-state index contributed by atoms with van der Waals surface area (Å²) in [4.78, 5) is 2.40. The standard InChI is InChI=1S/C12H24N2S/c1-3-5-9-13-12(15)14-10-7-6-8-11(14)4-2/h11H,3-10H2,1-2H3,(H,13,15)/t11-/m0/s1. The first-order valence-electron chi connectivity index (χ1n) is 6.34. The molecule has 1 aliphatic heterocycles. The van der Waals surface area contributed by atoms with Crippen molar-refractivity contribution in [1.29, 1.82) is 0 Å². The summed E-state index contributed by atoms with van der Waals surface area (Å²) >= 11 is 5.45. The van der Waals surface area contributed by atoms with E-state index in [4.69, 9.17) is 12.2 Å². The second-order valence-electron chi connectivity index (χ2n) is 4.34. The number of nitrogens with one attached hydrogen (secondary N) is 1. The molecule has 0 aromatic heterocycles. The molecule has 1 aliphatic rings. The first-order valence-corrected chi connectivity index (χ1v) is 6.74. The lowest BCUT2D eigenvalue weighted by Crippen LogP contribution is -2.48. The summed E-state index contributed by atoms with van der Waals surface area (Å²) in [6.07, 6.45) is 7.64. The minimum Gasteiger partial charge on any atom is -0.363 e. The van der Waals surface area contributed by atoms with Crippen LogP contribution in [-0.2, 0) is 0 Å². The van der Waals surface area contributed by atoms with E-state index in [-0.39, 0.29) is 0 Å². The quantitative estimate of drug-likeness (QED) is 0.588. The topological polar surface area (TPSA) is 15.3 Å². The van der Waals surface area contributed by atoms with E-state index in [0.717, 1.165) is 18.2 Å². The number of unbranched alkanes of at least 4 members (excludes halogenated alkanes) is 1. The molecule has 2 nitrogen and oxygen atoms in total. The number of nitrogens with zero attached hydrogens (tertiary/aromatic N) is 1. The van der Waals surface area contributed by atoms with Crippen LogP contribution in [-0.4, -0.2) is 29.1 Å². The van der Waals surface area contributed by atoms with Gasteiger partial charge in [0.15, 0.2) is 5.11 Å². The van der Waals surface area contributed by atoms with Crippen molar-refractivity contribution in [3.8, 4) is 0 Å². The second-order valence-corrected chi connectivity index (χ2v) is 4.72. The summed E-state index contributed by atoms with van der Waals surface area (Å²) < 4.78 is 0. The predicted molar refractivity (Wildman–Crippen MR) is 70.1 cm³/mol. The van der Waals surface area contributed by atoms with Gasteiger partial charge >= 0.3 is 0 Å². The molecular weight excluding hydrogens is 204 g/mol. The van der Waals surface area contributed by atoms with Crippen LogP contribution in [0.2, 0.25) is 0 Å².